The summed E-state index contributed by atoms with van der Waals surface area (Å²) >= 11 is 1.73. The number of hydrogen-bond donors (Lipinski definition) is 2. The molecule has 1 aromatic carbocycles. The van der Waals surface area contributed by atoms with Gasteiger partial charge in [-0.1, -0.05) is 0 Å². The van der Waals surface area contributed by atoms with Crippen molar-refractivity contribution >= 4 is 34.3 Å². The van der Waals surface area contributed by atoms with Crippen molar-refractivity contribution in [2.45, 2.75) is 0 Å². The molecule has 0 bridgehead atoms. The first-order valence-corrected chi connectivity index (χ1v) is 7.14. The zero-order valence-electron chi connectivity index (χ0n) is 10.6. The molecule has 2 rings (SSSR count). The molecular formula is C13H17N3OS. The molecule has 0 fully saturated rings. The smallest absolute Gasteiger partial charge is 0.255 e. The SMILES string of the molecule is CSCCN(C)C(=O)c1c[nH]c2ccc(N)cc12. The minimum Gasteiger partial charge on any atom is -0.399 e. The number of H-pyrrole nitrogens is 1. The Morgan fingerprint density at radius 1 is 1.50 bits per heavy atom. The number of thioether (sulfide) groups is 1. The van der Waals surface area contributed by atoms with E-state index in [2.05, 4.69) is 4.98 Å². The van der Waals surface area contributed by atoms with Gasteiger partial charge in [0.15, 0.2) is 0 Å². The van der Waals surface area contributed by atoms with Crippen molar-refractivity contribution in [1.82, 2.24) is 9.88 Å². The average Bonchev–Trinajstić information content (AvgIpc) is 2.77. The number of nitrogens with zero attached hydrogens (tertiary/aromatic N) is 1. The Kier molecular flexibility index (Phi) is 3.81. The van der Waals surface area contributed by atoms with Gasteiger partial charge in [0.25, 0.3) is 5.91 Å². The predicted molar refractivity (Wildman–Crippen MR) is 78.1 cm³/mol. The van der Waals surface area contributed by atoms with E-state index in [0.29, 0.717) is 11.3 Å². The molecule has 1 amide bonds. The van der Waals surface area contributed by atoms with Crippen molar-refractivity contribution in [3.63, 3.8) is 0 Å². The van der Waals surface area contributed by atoms with E-state index in [1.807, 2.05) is 31.5 Å². The molecule has 0 saturated heterocycles. The van der Waals surface area contributed by atoms with Gasteiger partial charge in [0.05, 0.1) is 5.56 Å². The van der Waals surface area contributed by atoms with Gasteiger partial charge in [-0.15, -0.1) is 0 Å². The molecule has 0 spiro atoms. The van der Waals surface area contributed by atoms with Crippen LogP contribution in [-0.4, -0.2) is 41.4 Å². The standard InChI is InChI=1S/C13H17N3OS/c1-16(5-6-18-2)13(17)11-8-15-12-4-3-9(14)7-10(11)12/h3-4,7-8,15H,5-6,14H2,1-2H3. The second-order valence-corrected chi connectivity index (χ2v) is 5.21. The van der Waals surface area contributed by atoms with Gasteiger partial charge in [0, 0.05) is 42.1 Å². The maximum Gasteiger partial charge on any atom is 0.255 e. The van der Waals surface area contributed by atoms with Crippen LogP contribution in [0.15, 0.2) is 24.4 Å². The average molecular weight is 263 g/mol. The molecule has 96 valence electrons. The predicted octanol–water partition coefficient (Wildman–Crippen LogP) is 2.19. The summed E-state index contributed by atoms with van der Waals surface area (Å²) in [5.74, 6) is 0.966. The minimum absolute atomic E-state index is 0.0286. The summed E-state index contributed by atoms with van der Waals surface area (Å²) in [5, 5.41) is 0.885. The van der Waals surface area contributed by atoms with Crippen LogP contribution in [0.5, 0.6) is 0 Å². The van der Waals surface area contributed by atoms with Gasteiger partial charge in [0.1, 0.15) is 0 Å². The second kappa shape index (κ2) is 5.35. The molecule has 1 heterocycles. The van der Waals surface area contributed by atoms with E-state index in [1.54, 1.807) is 22.9 Å². The van der Waals surface area contributed by atoms with Crippen molar-refractivity contribution < 1.29 is 4.79 Å². The number of anilines is 1. The summed E-state index contributed by atoms with van der Waals surface area (Å²) in [7, 11) is 1.82. The van der Waals surface area contributed by atoms with E-state index in [9.17, 15) is 4.79 Å². The number of rotatable bonds is 4. The zero-order chi connectivity index (χ0) is 13.1. The van der Waals surface area contributed by atoms with Crippen LogP contribution >= 0.6 is 11.8 Å². The number of amides is 1. The number of hydrogen-bond acceptors (Lipinski definition) is 3. The number of nitrogen functional groups attached to an aromatic ring is 1. The highest BCUT2D eigenvalue weighted by Gasteiger charge is 2.15. The molecular weight excluding hydrogens is 246 g/mol. The van der Waals surface area contributed by atoms with Gasteiger partial charge in [-0.3, -0.25) is 4.79 Å². The first-order chi connectivity index (χ1) is 8.63. The normalized spacial score (nSPS) is 10.8. The third-order valence-electron chi connectivity index (χ3n) is 2.91. The number of carbonyl (C=O) groups excluding carboxylic acids is 1. The molecule has 0 radical (unpaired) electrons. The van der Waals surface area contributed by atoms with Gasteiger partial charge >= 0.3 is 0 Å². The topological polar surface area (TPSA) is 62.1 Å². The van der Waals surface area contributed by atoms with Crippen molar-refractivity contribution in [2.75, 3.05) is 31.3 Å². The number of fused-ring (bicyclic) bond motifs is 1. The maximum atomic E-state index is 12.3. The van der Waals surface area contributed by atoms with Crippen molar-refractivity contribution in [1.29, 1.82) is 0 Å². The fraction of sp³-hybridized carbons (Fsp3) is 0.308. The van der Waals surface area contributed by atoms with Crippen LogP contribution in [-0.2, 0) is 0 Å². The van der Waals surface area contributed by atoms with Gasteiger partial charge < -0.3 is 15.6 Å². The lowest BCUT2D eigenvalue weighted by atomic mass is 10.1. The van der Waals surface area contributed by atoms with Crippen LogP contribution in [0.3, 0.4) is 0 Å². The Morgan fingerprint density at radius 2 is 2.28 bits per heavy atom. The first-order valence-electron chi connectivity index (χ1n) is 5.74. The molecule has 18 heavy (non-hydrogen) atoms. The lowest BCUT2D eigenvalue weighted by Gasteiger charge is -2.15. The molecule has 0 saturated carbocycles. The van der Waals surface area contributed by atoms with Crippen molar-refractivity contribution in [2.24, 2.45) is 0 Å². The van der Waals surface area contributed by atoms with Crippen LogP contribution in [0.2, 0.25) is 0 Å². The Hall–Kier alpha value is -1.62. The van der Waals surface area contributed by atoms with Crippen LogP contribution in [0.1, 0.15) is 10.4 Å². The van der Waals surface area contributed by atoms with Gasteiger partial charge in [-0.25, -0.2) is 0 Å². The number of carbonyl (C=O) groups is 1. The summed E-state index contributed by atoms with van der Waals surface area (Å²) in [6.45, 7) is 0.745. The lowest BCUT2D eigenvalue weighted by Crippen LogP contribution is -2.28. The second-order valence-electron chi connectivity index (χ2n) is 4.23. The molecule has 0 aliphatic rings. The van der Waals surface area contributed by atoms with E-state index >= 15 is 0 Å². The van der Waals surface area contributed by atoms with Gasteiger partial charge in [-0.05, 0) is 24.5 Å². The Labute approximate surface area is 111 Å². The van der Waals surface area contributed by atoms with Gasteiger partial charge in [-0.2, -0.15) is 11.8 Å². The molecule has 3 N–H and O–H groups in total. The molecule has 0 aliphatic heterocycles. The molecule has 0 aliphatic carbocycles. The number of benzene rings is 1. The Bertz CT molecular complexity index is 564. The fourth-order valence-corrected chi connectivity index (χ4v) is 2.31. The fourth-order valence-electron chi connectivity index (χ4n) is 1.85. The zero-order valence-corrected chi connectivity index (χ0v) is 11.4. The summed E-state index contributed by atoms with van der Waals surface area (Å²) in [4.78, 5) is 17.1. The lowest BCUT2D eigenvalue weighted by molar-refractivity contribution is 0.0806. The minimum atomic E-state index is 0.0286. The van der Waals surface area contributed by atoms with E-state index < -0.39 is 0 Å². The van der Waals surface area contributed by atoms with Crippen LogP contribution in [0.25, 0.3) is 10.9 Å². The third kappa shape index (κ3) is 2.46. The van der Waals surface area contributed by atoms with E-state index in [1.165, 1.54) is 0 Å². The molecule has 1 aromatic heterocycles. The maximum absolute atomic E-state index is 12.3. The van der Waals surface area contributed by atoms with Crippen LogP contribution < -0.4 is 5.73 Å². The summed E-state index contributed by atoms with van der Waals surface area (Å²) in [6.07, 6.45) is 3.78. The Morgan fingerprint density at radius 3 is 3.00 bits per heavy atom. The summed E-state index contributed by atoms with van der Waals surface area (Å²) < 4.78 is 0. The number of nitrogens with two attached hydrogens (primary N) is 1. The molecule has 2 aromatic rings. The highest BCUT2D eigenvalue weighted by Crippen LogP contribution is 2.22. The quantitative estimate of drug-likeness (QED) is 0.831. The molecule has 4 nitrogen and oxygen atoms in total. The Balaban J connectivity index is 2.30. The summed E-state index contributed by atoms with van der Waals surface area (Å²) in [6, 6.07) is 5.55. The van der Waals surface area contributed by atoms with E-state index in [0.717, 1.165) is 23.2 Å². The first kappa shape index (κ1) is 12.8. The van der Waals surface area contributed by atoms with Crippen molar-refractivity contribution in [3.05, 3.63) is 30.0 Å². The molecule has 0 atom stereocenters. The molecule has 5 heteroatoms. The van der Waals surface area contributed by atoms with Gasteiger partial charge in [0.2, 0.25) is 0 Å². The number of aromatic nitrogens is 1. The van der Waals surface area contributed by atoms with Crippen LogP contribution in [0, 0.1) is 0 Å². The molecule has 0 unspecified atom stereocenters. The highest BCUT2D eigenvalue weighted by molar-refractivity contribution is 7.98. The number of aromatic amines is 1. The van der Waals surface area contributed by atoms with Crippen molar-refractivity contribution in [3.8, 4) is 0 Å². The largest absolute Gasteiger partial charge is 0.399 e. The third-order valence-corrected chi connectivity index (χ3v) is 3.50. The highest BCUT2D eigenvalue weighted by atomic mass is 32.2. The number of nitrogens with one attached hydrogen (secondary N) is 1. The van der Waals surface area contributed by atoms with E-state index in [4.69, 9.17) is 5.73 Å². The van der Waals surface area contributed by atoms with E-state index in [-0.39, 0.29) is 5.91 Å². The monoisotopic (exact) mass is 263 g/mol. The summed E-state index contributed by atoms with van der Waals surface area (Å²) in [5.41, 5.74) is 8.05. The van der Waals surface area contributed by atoms with Crippen LogP contribution in [0.4, 0.5) is 5.69 Å².